The number of carbonyl (C=O) groups excluding carboxylic acids is 2. The fourth-order valence-electron chi connectivity index (χ4n) is 2.50. The Labute approximate surface area is 113 Å². The standard InChI is InChI=1S/C10H13BrN2O2.W/c11-5-13-10(15)8-2-6-1-7(3-8)9(14)12-4-6;/h6-8H,1-3,5H2,(H,12,14)(H,13,15);. The van der Waals surface area contributed by atoms with Crippen LogP contribution in [0.1, 0.15) is 19.3 Å². The topological polar surface area (TPSA) is 58.2 Å². The fourth-order valence-corrected chi connectivity index (χ4v) is 3.83. The molecule has 1 saturated heterocycles. The van der Waals surface area contributed by atoms with Crippen molar-refractivity contribution in [3.8, 4) is 0 Å². The zero-order valence-corrected chi connectivity index (χ0v) is 13.2. The van der Waals surface area contributed by atoms with Crippen molar-refractivity contribution < 1.29 is 28.9 Å². The van der Waals surface area contributed by atoms with Crippen LogP contribution in [0.3, 0.4) is 0 Å². The summed E-state index contributed by atoms with van der Waals surface area (Å²) in [6.45, 7) is 0. The number of rotatable bonds is 2. The molecule has 0 spiro atoms. The van der Waals surface area contributed by atoms with Crippen molar-refractivity contribution in [2.24, 2.45) is 17.8 Å². The first-order chi connectivity index (χ1) is 7.61. The number of halogens is 1. The summed E-state index contributed by atoms with van der Waals surface area (Å²) in [6.07, 6.45) is 2.51. The molecule has 0 radical (unpaired) electrons. The molecule has 2 bridgehead atoms. The van der Waals surface area contributed by atoms with Gasteiger partial charge in [-0.15, -0.1) is 0 Å². The molecular formula is C10H13BrN2O2W. The van der Waals surface area contributed by atoms with Crippen LogP contribution in [0.2, 0.25) is 0 Å². The van der Waals surface area contributed by atoms with Crippen LogP contribution in [0, 0.1) is 17.8 Å². The van der Waals surface area contributed by atoms with E-state index >= 15 is 0 Å². The Morgan fingerprint density at radius 3 is 2.81 bits per heavy atom. The third kappa shape index (κ3) is 2.45. The Bertz CT molecular complexity index is 326. The van der Waals surface area contributed by atoms with Gasteiger partial charge in [0.15, 0.2) is 0 Å². The summed E-state index contributed by atoms with van der Waals surface area (Å²) < 4.78 is 1.11. The molecule has 0 aromatic rings. The van der Waals surface area contributed by atoms with Gasteiger partial charge in [0.05, 0.1) is 0 Å². The van der Waals surface area contributed by atoms with Crippen molar-refractivity contribution in [3.05, 3.63) is 0 Å². The second kappa shape index (κ2) is 5.09. The van der Waals surface area contributed by atoms with Gasteiger partial charge in [0.2, 0.25) is 0 Å². The molecule has 2 fully saturated rings. The van der Waals surface area contributed by atoms with Crippen LogP contribution >= 0.6 is 15.9 Å². The van der Waals surface area contributed by atoms with Crippen molar-refractivity contribution in [1.82, 2.24) is 10.6 Å². The van der Waals surface area contributed by atoms with Gasteiger partial charge in [0.1, 0.15) is 0 Å². The summed E-state index contributed by atoms with van der Waals surface area (Å²) in [6, 6.07) is 0. The van der Waals surface area contributed by atoms with E-state index in [9.17, 15) is 9.59 Å². The number of hydrogen-bond acceptors (Lipinski definition) is 2. The summed E-state index contributed by atoms with van der Waals surface area (Å²) in [7, 11) is 0. The summed E-state index contributed by atoms with van der Waals surface area (Å²) >= 11 is 4.50. The van der Waals surface area contributed by atoms with Crippen molar-refractivity contribution in [1.29, 1.82) is 0 Å². The van der Waals surface area contributed by atoms with Crippen LogP contribution in [0.25, 0.3) is 0 Å². The number of hydrogen-bond donors (Lipinski definition) is 2. The zero-order valence-electron chi connectivity index (χ0n) is 8.66. The molecular weight excluding hydrogens is 444 g/mol. The van der Waals surface area contributed by atoms with Crippen LogP contribution in [-0.2, 0) is 28.9 Å². The molecule has 88 valence electrons. The van der Waals surface area contributed by atoms with Gasteiger partial charge in [-0.2, -0.15) is 0 Å². The van der Waals surface area contributed by atoms with Crippen LogP contribution in [0.5, 0.6) is 0 Å². The summed E-state index contributed by atoms with van der Waals surface area (Å²) in [4.78, 5) is 23.4. The third-order valence-corrected chi connectivity index (χ3v) is 5.15. The van der Waals surface area contributed by atoms with E-state index in [0.717, 1.165) is 16.9 Å². The minimum absolute atomic E-state index is 0.00157. The second-order valence-electron chi connectivity index (χ2n) is 4.33. The van der Waals surface area contributed by atoms with Gasteiger partial charge in [0, 0.05) is 0 Å². The van der Waals surface area contributed by atoms with Gasteiger partial charge in [0.25, 0.3) is 0 Å². The maximum atomic E-state index is 11.8. The van der Waals surface area contributed by atoms with E-state index in [1.54, 1.807) is 0 Å². The molecule has 2 amide bonds. The fraction of sp³-hybridized carbons (Fsp3) is 0.700. The molecule has 0 aromatic heterocycles. The molecule has 1 heterocycles. The Kier molecular flexibility index (Phi) is 3.96. The molecule has 3 unspecified atom stereocenters. The molecule has 16 heavy (non-hydrogen) atoms. The summed E-state index contributed by atoms with van der Waals surface area (Å²) in [5.74, 6) is 0.633. The van der Waals surface area contributed by atoms with Crippen LogP contribution < -0.4 is 10.6 Å². The summed E-state index contributed by atoms with van der Waals surface area (Å²) in [5.41, 5.74) is 0.484. The molecule has 2 rings (SSSR count). The average molecular weight is 457 g/mol. The minimum atomic E-state index is 0.00157. The van der Waals surface area contributed by atoms with Gasteiger partial charge >= 0.3 is 114 Å². The number of piperidine rings is 1. The normalized spacial score (nSPS) is 33.2. The molecule has 1 aliphatic carbocycles. The van der Waals surface area contributed by atoms with E-state index in [1.807, 2.05) is 0 Å². The van der Waals surface area contributed by atoms with Crippen molar-refractivity contribution >= 4 is 31.8 Å². The SMILES string of the molecule is O=C(NCBr)C1CC2CC(C1)[C](=[W])NC2=O. The van der Waals surface area contributed by atoms with E-state index < -0.39 is 0 Å². The Balaban J connectivity index is 2.07. The molecule has 0 aromatic carbocycles. The molecule has 2 N–H and O–H groups in total. The van der Waals surface area contributed by atoms with E-state index in [4.69, 9.17) is 0 Å². The van der Waals surface area contributed by atoms with E-state index in [0.29, 0.717) is 17.8 Å². The molecule has 3 atom stereocenters. The molecule has 6 heteroatoms. The van der Waals surface area contributed by atoms with E-state index in [2.05, 4.69) is 26.6 Å². The first kappa shape index (κ1) is 12.4. The monoisotopic (exact) mass is 456 g/mol. The molecule has 1 aliphatic heterocycles. The predicted molar refractivity (Wildman–Crippen MR) is 59.4 cm³/mol. The van der Waals surface area contributed by atoms with Crippen molar-refractivity contribution in [2.45, 2.75) is 19.3 Å². The van der Waals surface area contributed by atoms with E-state index in [-0.39, 0.29) is 23.7 Å². The van der Waals surface area contributed by atoms with Crippen LogP contribution in [0.15, 0.2) is 0 Å². The predicted octanol–water partition coefficient (Wildman–Crippen LogP) is 0.294. The number of nitrogens with one attached hydrogen (secondary N) is 2. The van der Waals surface area contributed by atoms with Gasteiger partial charge in [-0.25, -0.2) is 0 Å². The Morgan fingerprint density at radius 1 is 1.44 bits per heavy atom. The third-order valence-electron chi connectivity index (χ3n) is 3.31. The summed E-state index contributed by atoms with van der Waals surface area (Å²) in [5, 5.41) is 5.72. The Morgan fingerprint density at radius 2 is 2.12 bits per heavy atom. The van der Waals surface area contributed by atoms with Crippen molar-refractivity contribution in [2.75, 3.05) is 5.45 Å². The maximum absolute atomic E-state index is 11.8. The van der Waals surface area contributed by atoms with Gasteiger partial charge < -0.3 is 0 Å². The van der Waals surface area contributed by atoms with E-state index in [1.165, 1.54) is 19.4 Å². The average Bonchev–Trinajstić information content (AvgIpc) is 2.27. The van der Waals surface area contributed by atoms with Gasteiger partial charge in [-0.1, -0.05) is 0 Å². The van der Waals surface area contributed by atoms with Gasteiger partial charge in [-0.3, -0.25) is 0 Å². The zero-order chi connectivity index (χ0) is 11.7. The Hall–Kier alpha value is -0.0217. The molecule has 4 nitrogen and oxygen atoms in total. The quantitative estimate of drug-likeness (QED) is 0.463. The number of alkyl halides is 1. The second-order valence-corrected chi connectivity index (χ2v) is 6.47. The number of carbonyl (C=O) groups is 2. The van der Waals surface area contributed by atoms with Crippen LogP contribution in [-0.4, -0.2) is 21.3 Å². The number of amides is 2. The first-order valence-corrected chi connectivity index (χ1v) is 7.89. The first-order valence-electron chi connectivity index (χ1n) is 5.30. The van der Waals surface area contributed by atoms with Crippen LogP contribution in [0.4, 0.5) is 0 Å². The molecule has 1 saturated carbocycles. The van der Waals surface area contributed by atoms with Crippen molar-refractivity contribution in [3.63, 3.8) is 0 Å². The van der Waals surface area contributed by atoms with Gasteiger partial charge in [-0.05, 0) is 0 Å². The number of fused-ring (bicyclic) bond motifs is 2. The molecule has 2 aliphatic rings.